The molecule has 1 aliphatic heterocycles. The van der Waals surface area contributed by atoms with Gasteiger partial charge in [0.2, 0.25) is 0 Å². The number of phenols is 1. The second kappa shape index (κ2) is 5.63. The standard InChI is InChI=1S/C19H25ClN2O2/c1-11(2)22-16-6-8-19(16)7-5-13(10-17(19)22)21-18(24)14-9-12(20)3-4-15(14)23/h3-4,9,11,13,16-17,23H,5-8,10H2,1-2H3,(H,21,24)/t13-,16?,17?,19?/m0/s1. The van der Waals surface area contributed by atoms with Gasteiger partial charge in [-0.25, -0.2) is 0 Å². The minimum atomic E-state index is -0.225. The number of phenolic OH excluding ortho intramolecular Hbond substituents is 1. The number of nitrogens with one attached hydrogen (secondary N) is 1. The first-order valence-electron chi connectivity index (χ1n) is 8.99. The summed E-state index contributed by atoms with van der Waals surface area (Å²) in [5.41, 5.74) is 0.794. The molecular weight excluding hydrogens is 324 g/mol. The van der Waals surface area contributed by atoms with Crippen LogP contribution < -0.4 is 5.32 Å². The highest BCUT2D eigenvalue weighted by atomic mass is 35.5. The molecule has 2 aliphatic carbocycles. The van der Waals surface area contributed by atoms with Crippen LogP contribution in [-0.2, 0) is 0 Å². The summed E-state index contributed by atoms with van der Waals surface area (Å²) in [7, 11) is 0. The van der Waals surface area contributed by atoms with E-state index in [2.05, 4.69) is 24.1 Å². The lowest BCUT2D eigenvalue weighted by atomic mass is 9.47. The van der Waals surface area contributed by atoms with Crippen molar-refractivity contribution >= 4 is 17.5 Å². The van der Waals surface area contributed by atoms with Crippen LogP contribution in [0.2, 0.25) is 5.02 Å². The number of carbonyl (C=O) groups is 1. The van der Waals surface area contributed by atoms with E-state index in [9.17, 15) is 9.90 Å². The Morgan fingerprint density at radius 1 is 1.33 bits per heavy atom. The molecule has 4 nitrogen and oxygen atoms in total. The highest BCUT2D eigenvalue weighted by Crippen LogP contribution is 2.64. The molecule has 1 spiro atoms. The lowest BCUT2D eigenvalue weighted by molar-refractivity contribution is -0.238. The second-order valence-electron chi connectivity index (χ2n) is 7.95. The summed E-state index contributed by atoms with van der Waals surface area (Å²) in [6.45, 7) is 4.54. The zero-order valence-corrected chi connectivity index (χ0v) is 15.0. The first-order valence-corrected chi connectivity index (χ1v) is 9.37. The van der Waals surface area contributed by atoms with Crippen LogP contribution in [0.25, 0.3) is 0 Å². The molecule has 4 atom stereocenters. The summed E-state index contributed by atoms with van der Waals surface area (Å²) in [6.07, 6.45) is 5.94. The number of hydrogen-bond acceptors (Lipinski definition) is 3. The summed E-state index contributed by atoms with van der Waals surface area (Å²) in [5, 5.41) is 13.5. The number of benzene rings is 1. The van der Waals surface area contributed by atoms with E-state index < -0.39 is 0 Å². The first kappa shape index (κ1) is 16.2. The number of likely N-dealkylation sites (tertiary alicyclic amines) is 1. The van der Waals surface area contributed by atoms with Crippen LogP contribution in [0, 0.1) is 5.41 Å². The van der Waals surface area contributed by atoms with E-state index in [0.29, 0.717) is 22.5 Å². The average Bonchev–Trinajstić information content (AvgIpc) is 2.53. The smallest absolute Gasteiger partial charge is 0.255 e. The van der Waals surface area contributed by atoms with Gasteiger partial charge in [0, 0.05) is 34.6 Å². The Bertz CT molecular complexity index is 677. The van der Waals surface area contributed by atoms with Gasteiger partial charge in [0.05, 0.1) is 5.56 Å². The van der Waals surface area contributed by atoms with E-state index in [4.69, 9.17) is 11.6 Å². The number of halogens is 1. The molecule has 1 saturated heterocycles. The Kier molecular flexibility index (Phi) is 3.81. The van der Waals surface area contributed by atoms with Crippen molar-refractivity contribution in [2.24, 2.45) is 5.41 Å². The predicted molar refractivity (Wildman–Crippen MR) is 94.4 cm³/mol. The number of carbonyl (C=O) groups excluding carboxylic acids is 1. The zero-order chi connectivity index (χ0) is 17.1. The van der Waals surface area contributed by atoms with Gasteiger partial charge >= 0.3 is 0 Å². The topological polar surface area (TPSA) is 52.6 Å². The van der Waals surface area contributed by atoms with Gasteiger partial charge in [-0.1, -0.05) is 11.6 Å². The van der Waals surface area contributed by atoms with Gasteiger partial charge in [-0.05, 0) is 64.2 Å². The monoisotopic (exact) mass is 348 g/mol. The molecule has 1 aromatic rings. The molecule has 0 radical (unpaired) electrons. The Labute approximate surface area is 148 Å². The van der Waals surface area contributed by atoms with E-state index >= 15 is 0 Å². The SMILES string of the molecule is CC(C)N1C2CCC23CC[C@H](NC(=O)c2cc(Cl)ccc2O)CC13. The third-order valence-corrected chi connectivity index (χ3v) is 6.77. The van der Waals surface area contributed by atoms with Gasteiger partial charge in [0.25, 0.3) is 5.91 Å². The molecule has 3 fully saturated rings. The van der Waals surface area contributed by atoms with Crippen molar-refractivity contribution in [2.75, 3.05) is 0 Å². The summed E-state index contributed by atoms with van der Waals surface area (Å²) in [5.74, 6) is -0.243. The summed E-state index contributed by atoms with van der Waals surface area (Å²) >= 11 is 5.95. The lowest BCUT2D eigenvalue weighted by Gasteiger charge is -2.74. The van der Waals surface area contributed by atoms with Crippen molar-refractivity contribution in [1.82, 2.24) is 10.2 Å². The maximum Gasteiger partial charge on any atom is 0.255 e. The van der Waals surface area contributed by atoms with Crippen LogP contribution in [0.1, 0.15) is 56.3 Å². The molecule has 3 unspecified atom stereocenters. The van der Waals surface area contributed by atoms with Crippen molar-refractivity contribution in [2.45, 2.75) is 70.1 Å². The molecule has 4 rings (SSSR count). The Morgan fingerprint density at radius 2 is 2.08 bits per heavy atom. The van der Waals surface area contributed by atoms with Gasteiger partial charge in [-0.2, -0.15) is 0 Å². The molecule has 1 amide bonds. The van der Waals surface area contributed by atoms with Crippen LogP contribution in [-0.4, -0.2) is 40.1 Å². The molecule has 3 aliphatic rings. The number of aromatic hydroxyl groups is 1. The van der Waals surface area contributed by atoms with Crippen LogP contribution in [0.15, 0.2) is 18.2 Å². The fourth-order valence-electron chi connectivity index (χ4n) is 5.36. The van der Waals surface area contributed by atoms with Crippen LogP contribution in [0.4, 0.5) is 0 Å². The quantitative estimate of drug-likeness (QED) is 0.878. The second-order valence-corrected chi connectivity index (χ2v) is 8.39. The van der Waals surface area contributed by atoms with Crippen molar-refractivity contribution in [1.29, 1.82) is 0 Å². The summed E-state index contributed by atoms with van der Waals surface area (Å²) in [6, 6.07) is 6.71. The minimum absolute atomic E-state index is 0.0179. The highest BCUT2D eigenvalue weighted by Gasteiger charge is 2.67. The average molecular weight is 349 g/mol. The maximum absolute atomic E-state index is 12.5. The van der Waals surface area contributed by atoms with Gasteiger partial charge in [0.1, 0.15) is 5.75 Å². The van der Waals surface area contributed by atoms with Gasteiger partial charge in [-0.3, -0.25) is 9.69 Å². The van der Waals surface area contributed by atoms with Crippen molar-refractivity contribution < 1.29 is 9.90 Å². The van der Waals surface area contributed by atoms with Gasteiger partial charge < -0.3 is 10.4 Å². The number of piperidine rings is 1. The highest BCUT2D eigenvalue weighted by molar-refractivity contribution is 6.31. The Hall–Kier alpha value is -1.26. The molecule has 130 valence electrons. The molecule has 0 bridgehead atoms. The maximum atomic E-state index is 12.5. The number of hydrogen-bond donors (Lipinski definition) is 2. The van der Waals surface area contributed by atoms with Crippen molar-refractivity contribution in [3.8, 4) is 5.75 Å². The number of nitrogens with zero attached hydrogens (tertiary/aromatic N) is 1. The molecule has 2 saturated carbocycles. The van der Waals surface area contributed by atoms with Gasteiger partial charge in [0.15, 0.2) is 0 Å². The number of rotatable bonds is 3. The van der Waals surface area contributed by atoms with Crippen molar-refractivity contribution in [3.05, 3.63) is 28.8 Å². The summed E-state index contributed by atoms with van der Waals surface area (Å²) in [4.78, 5) is 15.2. The molecule has 2 N–H and O–H groups in total. The van der Waals surface area contributed by atoms with E-state index in [0.717, 1.165) is 18.9 Å². The van der Waals surface area contributed by atoms with Crippen LogP contribution in [0.5, 0.6) is 5.75 Å². The molecule has 1 heterocycles. The van der Waals surface area contributed by atoms with Gasteiger partial charge in [-0.15, -0.1) is 0 Å². The number of amides is 1. The van der Waals surface area contributed by atoms with Crippen LogP contribution in [0.3, 0.4) is 0 Å². The molecule has 24 heavy (non-hydrogen) atoms. The molecule has 5 heteroatoms. The third-order valence-electron chi connectivity index (χ3n) is 6.53. The van der Waals surface area contributed by atoms with E-state index in [1.807, 2.05) is 0 Å². The zero-order valence-electron chi connectivity index (χ0n) is 14.3. The molecule has 0 aromatic heterocycles. The Balaban J connectivity index is 1.45. The van der Waals surface area contributed by atoms with E-state index in [1.54, 1.807) is 6.07 Å². The third kappa shape index (κ3) is 2.26. The first-order chi connectivity index (χ1) is 11.4. The van der Waals surface area contributed by atoms with Crippen molar-refractivity contribution in [3.63, 3.8) is 0 Å². The summed E-state index contributed by atoms with van der Waals surface area (Å²) < 4.78 is 0. The largest absolute Gasteiger partial charge is 0.507 e. The molecular formula is C19H25ClN2O2. The van der Waals surface area contributed by atoms with E-state index in [1.165, 1.54) is 31.4 Å². The van der Waals surface area contributed by atoms with E-state index in [-0.39, 0.29) is 23.3 Å². The fraction of sp³-hybridized carbons (Fsp3) is 0.632. The lowest BCUT2D eigenvalue weighted by Crippen LogP contribution is -2.80. The Morgan fingerprint density at radius 3 is 2.75 bits per heavy atom. The predicted octanol–water partition coefficient (Wildman–Crippen LogP) is 3.57. The fourth-order valence-corrected chi connectivity index (χ4v) is 5.53. The minimum Gasteiger partial charge on any atom is -0.507 e. The normalized spacial score (nSPS) is 34.8. The van der Waals surface area contributed by atoms with Crippen LogP contribution >= 0.6 is 11.6 Å². The molecule has 1 aromatic carbocycles.